The van der Waals surface area contributed by atoms with E-state index in [1.54, 1.807) is 10.4 Å². The maximum Gasteiger partial charge on any atom is 0.244 e. The van der Waals surface area contributed by atoms with Gasteiger partial charge in [0.2, 0.25) is 10.0 Å². The van der Waals surface area contributed by atoms with Crippen LogP contribution < -0.4 is 5.32 Å². The number of hydrogen-bond acceptors (Lipinski definition) is 5. The van der Waals surface area contributed by atoms with Gasteiger partial charge in [-0.1, -0.05) is 0 Å². The number of nitrogens with zero attached hydrogens (tertiary/aromatic N) is 1. The summed E-state index contributed by atoms with van der Waals surface area (Å²) < 4.78 is 33.5. The maximum absolute atomic E-state index is 13.0. The van der Waals surface area contributed by atoms with Crippen LogP contribution in [0.2, 0.25) is 0 Å². The van der Waals surface area contributed by atoms with Crippen molar-refractivity contribution in [1.82, 2.24) is 9.62 Å². The fourth-order valence-corrected chi connectivity index (χ4v) is 6.04. The van der Waals surface area contributed by atoms with Gasteiger partial charge in [0.25, 0.3) is 0 Å². The van der Waals surface area contributed by atoms with Gasteiger partial charge in [-0.15, -0.1) is 11.3 Å². The van der Waals surface area contributed by atoms with E-state index in [1.807, 2.05) is 40.1 Å². The van der Waals surface area contributed by atoms with Gasteiger partial charge in [0.05, 0.1) is 16.1 Å². The molecule has 0 atom stereocenters. The number of hydrogen-bond donors (Lipinski definition) is 1. The predicted octanol–water partition coefficient (Wildman–Crippen LogP) is 2.05. The van der Waals surface area contributed by atoms with Crippen LogP contribution in [0.15, 0.2) is 16.3 Å². The molecular weight excluding hydrogens is 308 g/mol. The lowest BCUT2D eigenvalue weighted by atomic mass is 10.0. The maximum atomic E-state index is 13.0. The fourth-order valence-electron chi connectivity index (χ4n) is 2.88. The van der Waals surface area contributed by atoms with Gasteiger partial charge in [-0.05, 0) is 46.2 Å². The minimum atomic E-state index is -3.49. The molecule has 0 saturated carbocycles. The van der Waals surface area contributed by atoms with Crippen molar-refractivity contribution in [2.45, 2.75) is 50.3 Å². The Kier molecular flexibility index (Phi) is 4.52. The van der Waals surface area contributed by atoms with Crippen molar-refractivity contribution in [3.05, 3.63) is 16.3 Å². The molecule has 0 aromatic carbocycles. The Labute approximate surface area is 131 Å². The molecule has 0 aliphatic carbocycles. The Morgan fingerprint density at radius 2 is 1.86 bits per heavy atom. The van der Waals surface area contributed by atoms with E-state index in [4.69, 9.17) is 4.74 Å². The van der Waals surface area contributed by atoms with Crippen LogP contribution in [0, 0.1) is 0 Å². The van der Waals surface area contributed by atoms with Crippen molar-refractivity contribution in [2.24, 2.45) is 0 Å². The SMILES string of the molecule is CNCc1sccc1S(=O)(=O)N1CC(C)(C)OC(C)(C)C1. The molecule has 7 heteroatoms. The van der Waals surface area contributed by atoms with Gasteiger partial charge in [-0.3, -0.25) is 0 Å². The first kappa shape index (κ1) is 16.9. The number of nitrogens with one attached hydrogen (secondary N) is 1. The van der Waals surface area contributed by atoms with Crippen LogP contribution in [0.5, 0.6) is 0 Å². The minimum Gasteiger partial charge on any atom is -0.367 e. The lowest BCUT2D eigenvalue weighted by molar-refractivity contribution is -0.163. The van der Waals surface area contributed by atoms with Gasteiger partial charge in [0.15, 0.2) is 0 Å². The second kappa shape index (κ2) is 5.62. The molecule has 21 heavy (non-hydrogen) atoms. The van der Waals surface area contributed by atoms with Gasteiger partial charge < -0.3 is 10.1 Å². The van der Waals surface area contributed by atoms with Crippen molar-refractivity contribution in [3.63, 3.8) is 0 Å². The Morgan fingerprint density at radius 3 is 2.38 bits per heavy atom. The van der Waals surface area contributed by atoms with Crippen LogP contribution in [0.4, 0.5) is 0 Å². The monoisotopic (exact) mass is 332 g/mol. The van der Waals surface area contributed by atoms with E-state index in [9.17, 15) is 8.42 Å². The minimum absolute atomic E-state index is 0.369. The summed E-state index contributed by atoms with van der Waals surface area (Å²) in [7, 11) is -1.67. The Balaban J connectivity index is 2.37. The van der Waals surface area contributed by atoms with E-state index >= 15 is 0 Å². The molecule has 2 rings (SSSR count). The molecule has 1 saturated heterocycles. The fraction of sp³-hybridized carbons (Fsp3) is 0.714. The predicted molar refractivity (Wildman–Crippen MR) is 85.1 cm³/mol. The quantitative estimate of drug-likeness (QED) is 0.917. The van der Waals surface area contributed by atoms with Crippen molar-refractivity contribution in [3.8, 4) is 0 Å². The zero-order valence-corrected chi connectivity index (χ0v) is 14.9. The molecule has 1 aliphatic rings. The number of rotatable bonds is 4. The standard InChI is InChI=1S/C14H24N2O3S2/c1-13(2)9-16(10-14(3,4)19-13)21(17,18)12-6-7-20-11(12)8-15-5/h6-7,15H,8-10H2,1-5H3. The smallest absolute Gasteiger partial charge is 0.244 e. The van der Waals surface area contributed by atoms with Crippen LogP contribution in [0.25, 0.3) is 0 Å². The first-order chi connectivity index (χ1) is 9.57. The summed E-state index contributed by atoms with van der Waals surface area (Å²) in [6.07, 6.45) is 0. The van der Waals surface area contributed by atoms with Gasteiger partial charge in [-0.2, -0.15) is 4.31 Å². The molecule has 1 aromatic heterocycles. The van der Waals surface area contributed by atoms with E-state index in [-0.39, 0.29) is 0 Å². The summed E-state index contributed by atoms with van der Waals surface area (Å²) >= 11 is 1.47. The first-order valence-corrected chi connectivity index (χ1v) is 9.31. The van der Waals surface area contributed by atoms with Crippen LogP contribution in [-0.4, -0.2) is 44.1 Å². The van der Waals surface area contributed by atoms with E-state index < -0.39 is 21.2 Å². The Bertz CT molecular complexity index is 589. The zero-order valence-electron chi connectivity index (χ0n) is 13.3. The number of morpholine rings is 1. The van der Waals surface area contributed by atoms with Crippen molar-refractivity contribution in [2.75, 3.05) is 20.1 Å². The summed E-state index contributed by atoms with van der Waals surface area (Å²) in [5, 5.41) is 4.85. The molecule has 1 aromatic rings. The normalized spacial score (nSPS) is 22.3. The molecule has 0 amide bonds. The second-order valence-corrected chi connectivity index (χ2v) is 9.54. The molecule has 1 N–H and O–H groups in total. The average Bonchev–Trinajstić information content (AvgIpc) is 2.74. The van der Waals surface area contributed by atoms with Crippen LogP contribution in [0.3, 0.4) is 0 Å². The third-order valence-electron chi connectivity index (χ3n) is 3.33. The lowest BCUT2D eigenvalue weighted by Crippen LogP contribution is -2.58. The largest absolute Gasteiger partial charge is 0.367 e. The summed E-state index contributed by atoms with van der Waals surface area (Å²) in [6, 6.07) is 1.70. The third-order valence-corrected chi connectivity index (χ3v) is 6.25. The molecule has 5 nitrogen and oxygen atoms in total. The average molecular weight is 332 g/mol. The molecule has 1 aliphatic heterocycles. The summed E-state index contributed by atoms with van der Waals surface area (Å²) in [5.41, 5.74) is -0.984. The van der Waals surface area contributed by atoms with Gasteiger partial charge >= 0.3 is 0 Å². The zero-order chi connectivity index (χ0) is 15.9. The Morgan fingerprint density at radius 1 is 1.29 bits per heavy atom. The van der Waals surface area contributed by atoms with Gasteiger partial charge in [0.1, 0.15) is 0 Å². The molecule has 0 bridgehead atoms. The highest BCUT2D eigenvalue weighted by Gasteiger charge is 2.43. The first-order valence-electron chi connectivity index (χ1n) is 6.99. The van der Waals surface area contributed by atoms with E-state index in [0.29, 0.717) is 24.5 Å². The number of ether oxygens (including phenoxy) is 1. The van der Waals surface area contributed by atoms with E-state index in [2.05, 4.69) is 5.32 Å². The number of thiophene rings is 1. The topological polar surface area (TPSA) is 58.6 Å². The molecule has 120 valence electrons. The van der Waals surface area contributed by atoms with Crippen LogP contribution in [0.1, 0.15) is 32.6 Å². The van der Waals surface area contributed by atoms with E-state index in [1.165, 1.54) is 11.3 Å². The summed E-state index contributed by atoms with van der Waals surface area (Å²) in [5.74, 6) is 0. The highest BCUT2D eigenvalue weighted by Crippen LogP contribution is 2.33. The van der Waals surface area contributed by atoms with Crippen LogP contribution in [-0.2, 0) is 21.3 Å². The van der Waals surface area contributed by atoms with Crippen molar-refractivity contribution >= 4 is 21.4 Å². The molecule has 0 unspecified atom stereocenters. The van der Waals surface area contributed by atoms with Crippen molar-refractivity contribution < 1.29 is 13.2 Å². The third kappa shape index (κ3) is 3.65. The van der Waals surface area contributed by atoms with Gasteiger partial charge in [-0.25, -0.2) is 8.42 Å². The molecule has 1 fully saturated rings. The lowest BCUT2D eigenvalue weighted by Gasteiger charge is -2.46. The molecule has 0 spiro atoms. The summed E-state index contributed by atoms with van der Waals surface area (Å²) in [4.78, 5) is 1.26. The summed E-state index contributed by atoms with van der Waals surface area (Å²) in [6.45, 7) is 9.01. The van der Waals surface area contributed by atoms with E-state index in [0.717, 1.165) is 4.88 Å². The number of sulfonamides is 1. The molecule has 0 radical (unpaired) electrons. The highest BCUT2D eigenvalue weighted by molar-refractivity contribution is 7.89. The molecule has 2 heterocycles. The van der Waals surface area contributed by atoms with Crippen molar-refractivity contribution in [1.29, 1.82) is 0 Å². The van der Waals surface area contributed by atoms with Gasteiger partial charge in [0, 0.05) is 24.5 Å². The highest BCUT2D eigenvalue weighted by atomic mass is 32.2. The Hall–Kier alpha value is -0.470. The van der Waals surface area contributed by atoms with Crippen LogP contribution >= 0.6 is 11.3 Å². The molecular formula is C14H24N2O3S2. The second-order valence-electron chi connectivity index (χ2n) is 6.63.